The average molecular weight is 434 g/mol. The number of piperazine rings is 1. The van der Waals surface area contributed by atoms with E-state index in [1.807, 2.05) is 0 Å². The summed E-state index contributed by atoms with van der Waals surface area (Å²) < 4.78 is 65.1. The molecule has 0 aromatic heterocycles. The molecule has 1 saturated carbocycles. The number of ether oxygens (including phenoxy) is 2. The van der Waals surface area contributed by atoms with E-state index in [0.717, 1.165) is 12.8 Å². The third-order valence-corrected chi connectivity index (χ3v) is 8.77. The van der Waals surface area contributed by atoms with Crippen molar-refractivity contribution in [2.24, 2.45) is 0 Å². The summed E-state index contributed by atoms with van der Waals surface area (Å²) in [4.78, 5) is -0.0131. The fraction of sp³-hybridized carbons (Fsp3) is 0.647. The van der Waals surface area contributed by atoms with Gasteiger partial charge in [-0.15, -0.1) is 0 Å². The molecule has 0 amide bonds. The minimum atomic E-state index is -3.93. The molecule has 1 aliphatic heterocycles. The van der Waals surface area contributed by atoms with E-state index in [0.29, 0.717) is 31.9 Å². The van der Waals surface area contributed by atoms with E-state index in [4.69, 9.17) is 9.47 Å². The summed E-state index contributed by atoms with van der Waals surface area (Å²) in [6.07, 6.45) is 1.44. The summed E-state index contributed by atoms with van der Waals surface area (Å²) in [6.45, 7) is 1.93. The highest BCUT2D eigenvalue weighted by molar-refractivity contribution is 7.90. The van der Waals surface area contributed by atoms with Crippen LogP contribution in [0.25, 0.3) is 0 Å². The van der Waals surface area contributed by atoms with Gasteiger partial charge in [0.2, 0.25) is 20.0 Å². The lowest BCUT2D eigenvalue weighted by molar-refractivity contribution is 0.355. The van der Waals surface area contributed by atoms with Gasteiger partial charge in [-0.05, 0) is 25.0 Å². The minimum absolute atomic E-state index is 0.0131. The van der Waals surface area contributed by atoms with Gasteiger partial charge in [0, 0.05) is 44.8 Å². The standard InChI is InChI=1S/C17H27N3O6S2/c1-25-15-5-6-16(26-2)17(13-15)28(23,24)20(14-3-4-14)11-12-27(21,22)19-9-7-18-8-10-19/h5-6,13-14,18H,3-4,7-12H2,1-2H3. The van der Waals surface area contributed by atoms with Gasteiger partial charge in [-0.3, -0.25) is 0 Å². The Morgan fingerprint density at radius 1 is 1.11 bits per heavy atom. The molecule has 28 heavy (non-hydrogen) atoms. The van der Waals surface area contributed by atoms with Crippen LogP contribution in [0.2, 0.25) is 0 Å². The monoisotopic (exact) mass is 433 g/mol. The molecular formula is C17H27N3O6S2. The Morgan fingerprint density at radius 2 is 1.79 bits per heavy atom. The first kappa shape index (κ1) is 21.3. The van der Waals surface area contributed by atoms with Crippen LogP contribution in [0.5, 0.6) is 11.5 Å². The number of nitrogens with one attached hydrogen (secondary N) is 1. The van der Waals surface area contributed by atoms with Crippen molar-refractivity contribution in [1.82, 2.24) is 13.9 Å². The van der Waals surface area contributed by atoms with Crippen molar-refractivity contribution < 1.29 is 26.3 Å². The van der Waals surface area contributed by atoms with Gasteiger partial charge in [0.25, 0.3) is 0 Å². The second kappa shape index (κ2) is 8.54. The highest BCUT2D eigenvalue weighted by Crippen LogP contribution is 2.36. The second-order valence-corrected chi connectivity index (χ2v) is 10.8. The lowest BCUT2D eigenvalue weighted by Gasteiger charge is -2.28. The Balaban J connectivity index is 1.84. The largest absolute Gasteiger partial charge is 0.497 e. The number of nitrogens with zero attached hydrogens (tertiary/aromatic N) is 2. The number of hydrogen-bond donors (Lipinski definition) is 1. The van der Waals surface area contributed by atoms with Crippen LogP contribution in [0.1, 0.15) is 12.8 Å². The molecule has 11 heteroatoms. The summed E-state index contributed by atoms with van der Waals surface area (Å²) in [7, 11) is -4.60. The lowest BCUT2D eigenvalue weighted by atomic mass is 10.3. The van der Waals surface area contributed by atoms with Gasteiger partial charge in [-0.25, -0.2) is 16.8 Å². The Kier molecular flexibility index (Phi) is 6.50. The second-order valence-electron chi connectivity index (χ2n) is 6.83. The summed E-state index contributed by atoms with van der Waals surface area (Å²) in [5.74, 6) is 0.356. The molecule has 1 N–H and O–H groups in total. The molecule has 0 radical (unpaired) electrons. The maximum Gasteiger partial charge on any atom is 0.247 e. The Bertz CT molecular complexity index is 893. The van der Waals surface area contributed by atoms with Gasteiger partial charge < -0.3 is 14.8 Å². The third kappa shape index (κ3) is 4.60. The van der Waals surface area contributed by atoms with Crippen LogP contribution in [-0.2, 0) is 20.0 Å². The molecule has 0 bridgehead atoms. The first-order chi connectivity index (χ1) is 13.3. The molecule has 158 valence electrons. The van der Waals surface area contributed by atoms with Crippen molar-refractivity contribution in [3.63, 3.8) is 0 Å². The van der Waals surface area contributed by atoms with E-state index in [-0.39, 0.29) is 29.0 Å². The van der Waals surface area contributed by atoms with Gasteiger partial charge in [0.1, 0.15) is 16.4 Å². The molecule has 0 atom stereocenters. The third-order valence-electron chi connectivity index (χ3n) is 4.95. The fourth-order valence-corrected chi connectivity index (χ4v) is 6.63. The number of rotatable bonds is 9. The van der Waals surface area contributed by atoms with Crippen LogP contribution in [0.4, 0.5) is 0 Å². The Morgan fingerprint density at radius 3 is 2.36 bits per heavy atom. The number of methoxy groups -OCH3 is 2. The van der Waals surface area contributed by atoms with Gasteiger partial charge in [0.05, 0.1) is 20.0 Å². The van der Waals surface area contributed by atoms with Crippen LogP contribution in [0.3, 0.4) is 0 Å². The normalized spacial score (nSPS) is 19.0. The smallest absolute Gasteiger partial charge is 0.247 e. The maximum atomic E-state index is 13.3. The SMILES string of the molecule is COc1ccc(OC)c(S(=O)(=O)N(CCS(=O)(=O)N2CCNCC2)C2CC2)c1. The summed E-state index contributed by atoms with van der Waals surface area (Å²) in [6, 6.07) is 4.38. The zero-order valence-corrected chi connectivity index (χ0v) is 17.8. The molecule has 2 fully saturated rings. The quantitative estimate of drug-likeness (QED) is 0.588. The Labute approximate surface area is 166 Å². The molecule has 1 aromatic rings. The number of sulfonamides is 2. The van der Waals surface area contributed by atoms with Crippen molar-refractivity contribution in [3.8, 4) is 11.5 Å². The minimum Gasteiger partial charge on any atom is -0.497 e. The topological polar surface area (TPSA) is 105 Å². The highest BCUT2D eigenvalue weighted by Gasteiger charge is 2.40. The molecule has 1 aromatic carbocycles. The molecule has 2 aliphatic rings. The first-order valence-electron chi connectivity index (χ1n) is 9.22. The molecule has 3 rings (SSSR count). The molecule has 1 saturated heterocycles. The van der Waals surface area contributed by atoms with Crippen molar-refractivity contribution in [3.05, 3.63) is 18.2 Å². The molecule has 0 spiro atoms. The zero-order valence-electron chi connectivity index (χ0n) is 16.1. The van der Waals surface area contributed by atoms with Gasteiger partial charge >= 0.3 is 0 Å². The van der Waals surface area contributed by atoms with Crippen molar-refractivity contribution in [1.29, 1.82) is 0 Å². The van der Waals surface area contributed by atoms with Crippen LogP contribution < -0.4 is 14.8 Å². The van der Waals surface area contributed by atoms with Gasteiger partial charge in [-0.1, -0.05) is 0 Å². The molecule has 1 heterocycles. The summed E-state index contributed by atoms with van der Waals surface area (Å²) in [5.41, 5.74) is 0. The van der Waals surface area contributed by atoms with E-state index in [1.165, 1.54) is 35.0 Å². The fourth-order valence-electron chi connectivity index (χ4n) is 3.23. The highest BCUT2D eigenvalue weighted by atomic mass is 32.2. The molecular weight excluding hydrogens is 406 g/mol. The zero-order chi connectivity index (χ0) is 20.4. The van der Waals surface area contributed by atoms with E-state index in [2.05, 4.69) is 5.32 Å². The van der Waals surface area contributed by atoms with E-state index in [1.54, 1.807) is 6.07 Å². The molecule has 0 unspecified atom stereocenters. The van der Waals surface area contributed by atoms with Crippen LogP contribution in [0, 0.1) is 0 Å². The summed E-state index contributed by atoms with van der Waals surface area (Å²) >= 11 is 0. The first-order valence-corrected chi connectivity index (χ1v) is 12.3. The predicted octanol–water partition coefficient (Wildman–Crippen LogP) is 0.0919. The van der Waals surface area contributed by atoms with Crippen molar-refractivity contribution in [2.45, 2.75) is 23.8 Å². The maximum absolute atomic E-state index is 13.3. The van der Waals surface area contributed by atoms with E-state index < -0.39 is 20.0 Å². The van der Waals surface area contributed by atoms with Crippen molar-refractivity contribution in [2.75, 3.05) is 52.7 Å². The van der Waals surface area contributed by atoms with Gasteiger partial charge in [0.15, 0.2) is 0 Å². The number of benzene rings is 1. The van der Waals surface area contributed by atoms with Crippen LogP contribution in [-0.4, -0.2) is 84.2 Å². The molecule has 1 aliphatic carbocycles. The van der Waals surface area contributed by atoms with Gasteiger partial charge in [-0.2, -0.15) is 8.61 Å². The van der Waals surface area contributed by atoms with E-state index >= 15 is 0 Å². The summed E-state index contributed by atoms with van der Waals surface area (Å²) in [5, 5.41) is 3.11. The number of hydrogen-bond acceptors (Lipinski definition) is 7. The predicted molar refractivity (Wildman–Crippen MR) is 105 cm³/mol. The lowest BCUT2D eigenvalue weighted by Crippen LogP contribution is -2.48. The molecule has 9 nitrogen and oxygen atoms in total. The van der Waals surface area contributed by atoms with E-state index in [9.17, 15) is 16.8 Å². The van der Waals surface area contributed by atoms with Crippen LogP contribution >= 0.6 is 0 Å². The average Bonchev–Trinajstić information content (AvgIpc) is 3.53. The Hall–Kier alpha value is -1.40. The van der Waals surface area contributed by atoms with Crippen molar-refractivity contribution >= 4 is 20.0 Å². The van der Waals surface area contributed by atoms with Crippen LogP contribution in [0.15, 0.2) is 23.1 Å².